The maximum absolute atomic E-state index is 12.3. The quantitative estimate of drug-likeness (QED) is 0.554. The average Bonchev–Trinajstić information content (AvgIpc) is 2.33. The van der Waals surface area contributed by atoms with Gasteiger partial charge in [0.15, 0.2) is 0 Å². The van der Waals surface area contributed by atoms with E-state index in [-0.39, 0.29) is 40.3 Å². The number of anilines is 1. The zero-order valence-corrected chi connectivity index (χ0v) is 11.6. The summed E-state index contributed by atoms with van der Waals surface area (Å²) in [5, 5.41) is 12.0. The Morgan fingerprint density at radius 1 is 1.45 bits per heavy atom. The number of halogens is 4. The standard InChI is InChI=1S/C11H12ClF3N2O2S/c12-4-8(18)5-17-7-1-6(10(16)19)2-9(3-7)20-11(13,14)15/h1-3,8,17-18H,4-5H2,(H2,16,19). The number of hydrogen-bond acceptors (Lipinski definition) is 4. The molecule has 0 aliphatic carbocycles. The van der Waals surface area contributed by atoms with Gasteiger partial charge in [0.05, 0.1) is 12.0 Å². The highest BCUT2D eigenvalue weighted by molar-refractivity contribution is 8.00. The lowest BCUT2D eigenvalue weighted by Crippen LogP contribution is -2.21. The van der Waals surface area contributed by atoms with Crippen molar-refractivity contribution in [3.05, 3.63) is 23.8 Å². The minimum atomic E-state index is -4.47. The summed E-state index contributed by atoms with van der Waals surface area (Å²) in [6.07, 6.45) is -0.854. The van der Waals surface area contributed by atoms with Gasteiger partial charge in [0, 0.05) is 22.7 Å². The van der Waals surface area contributed by atoms with Crippen molar-refractivity contribution in [2.24, 2.45) is 5.73 Å². The van der Waals surface area contributed by atoms with Crippen molar-refractivity contribution in [2.75, 3.05) is 17.7 Å². The first-order valence-electron chi connectivity index (χ1n) is 5.40. The Bertz CT molecular complexity index is 485. The Balaban J connectivity index is 2.96. The molecule has 0 aromatic heterocycles. The normalized spacial score (nSPS) is 13.1. The fraction of sp³-hybridized carbons (Fsp3) is 0.364. The van der Waals surface area contributed by atoms with Crippen LogP contribution in [0.25, 0.3) is 0 Å². The Labute approximate surface area is 122 Å². The van der Waals surface area contributed by atoms with E-state index in [2.05, 4.69) is 5.32 Å². The number of carbonyl (C=O) groups is 1. The lowest BCUT2D eigenvalue weighted by atomic mass is 10.2. The fourth-order valence-electron chi connectivity index (χ4n) is 1.33. The van der Waals surface area contributed by atoms with Crippen LogP contribution in [-0.2, 0) is 0 Å². The molecular weight excluding hydrogens is 317 g/mol. The van der Waals surface area contributed by atoms with Gasteiger partial charge >= 0.3 is 5.51 Å². The Kier molecular flexibility index (Phi) is 5.97. The third kappa shape index (κ3) is 5.89. The zero-order valence-electron chi connectivity index (χ0n) is 10.1. The van der Waals surface area contributed by atoms with Gasteiger partial charge in [-0.05, 0) is 30.0 Å². The number of nitrogens with one attached hydrogen (secondary N) is 1. The molecule has 0 spiro atoms. The number of rotatable bonds is 6. The van der Waals surface area contributed by atoms with E-state index in [4.69, 9.17) is 17.3 Å². The lowest BCUT2D eigenvalue weighted by molar-refractivity contribution is -0.0328. The number of thioether (sulfide) groups is 1. The molecule has 0 aliphatic rings. The molecule has 0 heterocycles. The number of amides is 1. The van der Waals surface area contributed by atoms with E-state index in [0.717, 1.165) is 6.07 Å². The van der Waals surface area contributed by atoms with Crippen LogP contribution in [0.2, 0.25) is 0 Å². The summed E-state index contributed by atoms with van der Waals surface area (Å²) in [6, 6.07) is 3.58. The largest absolute Gasteiger partial charge is 0.446 e. The Morgan fingerprint density at radius 3 is 2.60 bits per heavy atom. The van der Waals surface area contributed by atoms with Crippen molar-refractivity contribution >= 4 is 35.0 Å². The van der Waals surface area contributed by atoms with Gasteiger partial charge in [0.2, 0.25) is 5.91 Å². The van der Waals surface area contributed by atoms with Crippen LogP contribution in [0.5, 0.6) is 0 Å². The van der Waals surface area contributed by atoms with Crippen molar-refractivity contribution in [3.63, 3.8) is 0 Å². The third-order valence-corrected chi connectivity index (χ3v) is 3.20. The molecule has 1 unspecified atom stereocenters. The van der Waals surface area contributed by atoms with E-state index < -0.39 is 17.5 Å². The van der Waals surface area contributed by atoms with Gasteiger partial charge in [-0.15, -0.1) is 11.6 Å². The predicted octanol–water partition coefficient (Wildman–Crippen LogP) is 2.41. The number of benzene rings is 1. The number of primary amides is 1. The van der Waals surface area contributed by atoms with Crippen molar-refractivity contribution in [2.45, 2.75) is 16.5 Å². The Morgan fingerprint density at radius 2 is 2.10 bits per heavy atom. The maximum Gasteiger partial charge on any atom is 0.446 e. The van der Waals surface area contributed by atoms with Crippen molar-refractivity contribution in [1.82, 2.24) is 0 Å². The second-order valence-corrected chi connectivity index (χ2v) is 5.29. The summed E-state index contributed by atoms with van der Waals surface area (Å²) in [6.45, 7) is 0.0435. The van der Waals surface area contributed by atoms with E-state index >= 15 is 0 Å². The number of carbonyl (C=O) groups excluding carboxylic acids is 1. The van der Waals surface area contributed by atoms with Gasteiger partial charge in [-0.25, -0.2) is 0 Å². The van der Waals surface area contributed by atoms with Gasteiger partial charge in [-0.1, -0.05) is 0 Å². The van der Waals surface area contributed by atoms with Crippen LogP contribution >= 0.6 is 23.4 Å². The second kappa shape index (κ2) is 7.05. The number of nitrogens with two attached hydrogens (primary N) is 1. The topological polar surface area (TPSA) is 75.4 Å². The summed E-state index contributed by atoms with van der Waals surface area (Å²) in [5.74, 6) is -0.859. The van der Waals surface area contributed by atoms with E-state index in [1.807, 2.05) is 0 Å². The SMILES string of the molecule is NC(=O)c1cc(NCC(O)CCl)cc(SC(F)(F)F)c1. The second-order valence-electron chi connectivity index (χ2n) is 3.85. The van der Waals surface area contributed by atoms with Crippen LogP contribution in [0.4, 0.5) is 18.9 Å². The molecule has 4 N–H and O–H groups in total. The van der Waals surface area contributed by atoms with Gasteiger partial charge in [0.25, 0.3) is 0 Å². The number of hydrogen-bond donors (Lipinski definition) is 3. The van der Waals surface area contributed by atoms with Gasteiger partial charge in [0.1, 0.15) is 0 Å². The highest BCUT2D eigenvalue weighted by Gasteiger charge is 2.29. The maximum atomic E-state index is 12.3. The zero-order chi connectivity index (χ0) is 15.3. The molecule has 0 radical (unpaired) electrons. The lowest BCUT2D eigenvalue weighted by Gasteiger charge is -2.13. The molecule has 112 valence electrons. The van der Waals surface area contributed by atoms with Crippen molar-refractivity contribution in [1.29, 1.82) is 0 Å². The van der Waals surface area contributed by atoms with Crippen molar-refractivity contribution in [3.8, 4) is 0 Å². The molecule has 1 amide bonds. The molecule has 9 heteroatoms. The van der Waals surface area contributed by atoms with Gasteiger partial charge < -0.3 is 16.2 Å². The number of aliphatic hydroxyl groups is 1. The van der Waals surface area contributed by atoms with Crippen LogP contribution in [0.1, 0.15) is 10.4 Å². The monoisotopic (exact) mass is 328 g/mol. The van der Waals surface area contributed by atoms with Gasteiger partial charge in [-0.2, -0.15) is 13.2 Å². The molecule has 0 bridgehead atoms. The third-order valence-electron chi connectivity index (χ3n) is 2.14. The van der Waals surface area contributed by atoms with Crippen LogP contribution in [-0.4, -0.2) is 35.1 Å². The summed E-state index contributed by atoms with van der Waals surface area (Å²) < 4.78 is 37.0. The fourth-order valence-corrected chi connectivity index (χ4v) is 2.07. The molecule has 1 aromatic rings. The molecular formula is C11H12ClF3N2O2S. The minimum Gasteiger partial charge on any atom is -0.390 e. The molecule has 0 saturated carbocycles. The first-order chi connectivity index (χ1) is 9.21. The highest BCUT2D eigenvalue weighted by atomic mass is 35.5. The molecule has 1 atom stereocenters. The predicted molar refractivity (Wildman–Crippen MR) is 72.1 cm³/mol. The number of aliphatic hydroxyl groups excluding tert-OH is 1. The summed E-state index contributed by atoms with van der Waals surface area (Å²) >= 11 is 5.05. The van der Waals surface area contributed by atoms with Crippen molar-refractivity contribution < 1.29 is 23.1 Å². The molecule has 0 fully saturated rings. The van der Waals surface area contributed by atoms with Crippen LogP contribution in [0.15, 0.2) is 23.1 Å². The summed E-state index contributed by atoms with van der Waals surface area (Å²) in [5.41, 5.74) is 0.794. The van der Waals surface area contributed by atoms with Gasteiger partial charge in [-0.3, -0.25) is 4.79 Å². The molecule has 20 heavy (non-hydrogen) atoms. The molecule has 1 aromatic carbocycles. The Hall–Kier alpha value is -1.12. The van der Waals surface area contributed by atoms with Crippen LogP contribution in [0.3, 0.4) is 0 Å². The summed E-state index contributed by atoms with van der Waals surface area (Å²) in [4.78, 5) is 10.9. The minimum absolute atomic E-state index is 0.0212. The highest BCUT2D eigenvalue weighted by Crippen LogP contribution is 2.38. The van der Waals surface area contributed by atoms with E-state index in [1.54, 1.807) is 0 Å². The average molecular weight is 329 g/mol. The molecule has 0 aliphatic heterocycles. The smallest absolute Gasteiger partial charge is 0.390 e. The summed E-state index contributed by atoms with van der Waals surface area (Å²) in [7, 11) is 0. The first-order valence-corrected chi connectivity index (χ1v) is 6.75. The van der Waals surface area contributed by atoms with E-state index in [1.165, 1.54) is 12.1 Å². The van der Waals surface area contributed by atoms with Crippen LogP contribution in [0, 0.1) is 0 Å². The molecule has 1 rings (SSSR count). The van der Waals surface area contributed by atoms with E-state index in [9.17, 15) is 23.1 Å². The van der Waals surface area contributed by atoms with Crippen LogP contribution < -0.4 is 11.1 Å². The molecule has 4 nitrogen and oxygen atoms in total. The van der Waals surface area contributed by atoms with E-state index in [0.29, 0.717) is 0 Å². The first kappa shape index (κ1) is 16.9. The molecule has 0 saturated heterocycles. The number of alkyl halides is 4.